The molecule has 92 valence electrons. The van der Waals surface area contributed by atoms with Crippen molar-refractivity contribution in [1.82, 2.24) is 4.98 Å². The summed E-state index contributed by atoms with van der Waals surface area (Å²) in [6.07, 6.45) is -1.23. The molecule has 0 amide bonds. The first-order valence-corrected chi connectivity index (χ1v) is 5.42. The van der Waals surface area contributed by atoms with Gasteiger partial charge in [-0.1, -0.05) is 13.8 Å². The number of halogens is 3. The summed E-state index contributed by atoms with van der Waals surface area (Å²) in [5.41, 5.74) is 0.268. The molecule has 0 fully saturated rings. The molecule has 0 radical (unpaired) electrons. The largest absolute Gasteiger partial charge is 0.264 e. The number of hydrogen-bond donors (Lipinski definition) is 0. The van der Waals surface area contributed by atoms with Crippen LogP contribution >= 0.6 is 0 Å². The predicted octanol–water partition coefficient (Wildman–Crippen LogP) is 4.65. The third-order valence-electron chi connectivity index (χ3n) is 2.31. The van der Waals surface area contributed by atoms with E-state index in [0.717, 1.165) is 6.07 Å². The number of aromatic nitrogens is 1. The molecule has 1 aromatic carbocycles. The zero-order chi connectivity index (χ0) is 13.0. The Morgan fingerprint density at radius 1 is 1.12 bits per heavy atom. The Balaban J connectivity index is 0.000000686. The number of nitrogens with zero attached hydrogens (tertiary/aromatic N) is 1. The second kappa shape index (κ2) is 5.66. The van der Waals surface area contributed by atoms with Crippen molar-refractivity contribution in [2.24, 2.45) is 0 Å². The van der Waals surface area contributed by atoms with Gasteiger partial charge in [-0.2, -0.15) is 0 Å². The zero-order valence-electron chi connectivity index (χ0n) is 9.97. The number of alkyl halides is 2. The fourth-order valence-electron chi connectivity index (χ4n) is 1.60. The minimum atomic E-state index is -2.68. The summed E-state index contributed by atoms with van der Waals surface area (Å²) in [5, 5.41) is 0.798. The van der Waals surface area contributed by atoms with Gasteiger partial charge in [0, 0.05) is 22.8 Å². The van der Waals surface area contributed by atoms with Gasteiger partial charge in [-0.3, -0.25) is 4.98 Å². The molecule has 0 spiro atoms. The maximum Gasteiger partial charge on any atom is 0.264 e. The Labute approximate surface area is 98.3 Å². The predicted molar refractivity (Wildman–Crippen MR) is 62.7 cm³/mol. The third-order valence-corrected chi connectivity index (χ3v) is 2.31. The van der Waals surface area contributed by atoms with E-state index in [4.69, 9.17) is 0 Å². The second-order valence-corrected chi connectivity index (χ2v) is 3.29. The van der Waals surface area contributed by atoms with Crippen molar-refractivity contribution < 1.29 is 13.2 Å². The lowest BCUT2D eigenvalue weighted by molar-refractivity contribution is 0.152. The van der Waals surface area contributed by atoms with Crippen LogP contribution in [0.25, 0.3) is 10.8 Å². The summed E-state index contributed by atoms with van der Waals surface area (Å²) >= 11 is 0. The van der Waals surface area contributed by atoms with Crippen LogP contribution < -0.4 is 0 Å². The number of benzene rings is 1. The average Bonchev–Trinajstić information content (AvgIpc) is 2.32. The van der Waals surface area contributed by atoms with E-state index in [2.05, 4.69) is 4.98 Å². The first-order chi connectivity index (χ1) is 8.09. The van der Waals surface area contributed by atoms with Crippen molar-refractivity contribution in [1.29, 1.82) is 0 Å². The van der Waals surface area contributed by atoms with Gasteiger partial charge in [-0.25, -0.2) is 13.2 Å². The smallest absolute Gasteiger partial charge is 0.261 e. The molecule has 0 aliphatic rings. The van der Waals surface area contributed by atoms with Gasteiger partial charge < -0.3 is 0 Å². The van der Waals surface area contributed by atoms with Crippen molar-refractivity contribution in [3.8, 4) is 0 Å². The van der Waals surface area contributed by atoms with Crippen molar-refractivity contribution in [3.63, 3.8) is 0 Å². The molecular weight excluding hydrogens is 227 g/mol. The summed E-state index contributed by atoms with van der Waals surface area (Å²) in [4.78, 5) is 3.94. The van der Waals surface area contributed by atoms with Gasteiger partial charge in [-0.05, 0) is 30.5 Å². The van der Waals surface area contributed by atoms with Gasteiger partial charge in [-0.15, -0.1) is 0 Å². The Bertz CT molecular complexity index is 509. The number of hydrogen-bond acceptors (Lipinski definition) is 1. The number of rotatable bonds is 1. The van der Waals surface area contributed by atoms with E-state index in [0.29, 0.717) is 16.5 Å². The summed E-state index contributed by atoms with van der Waals surface area (Å²) in [5.74, 6) is -0.658. The highest BCUT2D eigenvalue weighted by Gasteiger charge is 2.14. The van der Waals surface area contributed by atoms with E-state index in [1.807, 2.05) is 13.8 Å². The SMILES string of the molecule is CC.Cc1nccc2c(C(F)F)cc(F)cc12. The third kappa shape index (κ3) is 2.75. The minimum absolute atomic E-state index is 0.282. The quantitative estimate of drug-likeness (QED) is 0.708. The Kier molecular flexibility index (Phi) is 4.49. The fourth-order valence-corrected chi connectivity index (χ4v) is 1.60. The first kappa shape index (κ1) is 13.5. The summed E-state index contributed by atoms with van der Waals surface area (Å²) in [6.45, 7) is 5.66. The van der Waals surface area contributed by atoms with Crippen LogP contribution in [-0.2, 0) is 0 Å². The van der Waals surface area contributed by atoms with Crippen molar-refractivity contribution in [2.75, 3.05) is 0 Å². The lowest BCUT2D eigenvalue weighted by Gasteiger charge is -2.07. The molecule has 1 nitrogen and oxygen atoms in total. The highest BCUT2D eigenvalue weighted by molar-refractivity contribution is 5.87. The minimum Gasteiger partial charge on any atom is -0.261 e. The molecular formula is C13H14F3N. The Hall–Kier alpha value is -1.58. The summed E-state index contributed by atoms with van der Waals surface area (Å²) in [7, 11) is 0. The molecule has 0 unspecified atom stereocenters. The van der Waals surface area contributed by atoms with Crippen LogP contribution in [0.1, 0.15) is 31.5 Å². The van der Waals surface area contributed by atoms with Crippen molar-refractivity contribution in [3.05, 3.63) is 41.5 Å². The summed E-state index contributed by atoms with van der Waals surface area (Å²) in [6, 6.07) is 3.57. The van der Waals surface area contributed by atoms with E-state index < -0.39 is 12.2 Å². The molecule has 0 N–H and O–H groups in total. The highest BCUT2D eigenvalue weighted by atomic mass is 19.3. The molecule has 0 saturated carbocycles. The van der Waals surface area contributed by atoms with Gasteiger partial charge >= 0.3 is 0 Å². The van der Waals surface area contributed by atoms with Crippen LogP contribution in [0, 0.1) is 12.7 Å². The average molecular weight is 241 g/mol. The second-order valence-electron chi connectivity index (χ2n) is 3.29. The van der Waals surface area contributed by atoms with Crippen LogP contribution in [0.2, 0.25) is 0 Å². The summed E-state index contributed by atoms with van der Waals surface area (Å²) < 4.78 is 38.3. The maximum absolute atomic E-state index is 13.1. The van der Waals surface area contributed by atoms with E-state index in [1.54, 1.807) is 6.92 Å². The molecule has 4 heteroatoms. The van der Waals surface area contributed by atoms with E-state index in [1.165, 1.54) is 18.3 Å². The molecule has 0 saturated heterocycles. The highest BCUT2D eigenvalue weighted by Crippen LogP contribution is 2.29. The van der Waals surface area contributed by atoms with Crippen molar-refractivity contribution >= 4 is 10.8 Å². The number of pyridine rings is 1. The molecule has 2 rings (SSSR count). The van der Waals surface area contributed by atoms with Crippen LogP contribution in [-0.4, -0.2) is 4.98 Å². The van der Waals surface area contributed by atoms with E-state index in [9.17, 15) is 13.2 Å². The molecule has 0 aliphatic heterocycles. The van der Waals surface area contributed by atoms with Gasteiger partial charge in [0.1, 0.15) is 5.82 Å². The standard InChI is InChI=1S/C11H8F3N.C2H6/c1-6-9-4-7(12)5-10(11(13)14)8(9)2-3-15-6;1-2/h2-5,11H,1H3;1-2H3. The fraction of sp³-hybridized carbons (Fsp3) is 0.308. The normalized spacial score (nSPS) is 10.3. The topological polar surface area (TPSA) is 12.9 Å². The van der Waals surface area contributed by atoms with Gasteiger partial charge in [0.2, 0.25) is 0 Å². The monoisotopic (exact) mass is 241 g/mol. The van der Waals surface area contributed by atoms with Crippen LogP contribution in [0.4, 0.5) is 13.2 Å². The van der Waals surface area contributed by atoms with Crippen LogP contribution in [0.15, 0.2) is 24.4 Å². The molecule has 2 aromatic rings. The zero-order valence-corrected chi connectivity index (χ0v) is 9.97. The number of fused-ring (bicyclic) bond motifs is 1. The van der Waals surface area contributed by atoms with Gasteiger partial charge in [0.25, 0.3) is 6.43 Å². The van der Waals surface area contributed by atoms with E-state index in [-0.39, 0.29) is 5.56 Å². The molecule has 0 atom stereocenters. The lowest BCUT2D eigenvalue weighted by atomic mass is 10.0. The van der Waals surface area contributed by atoms with Gasteiger partial charge in [0.15, 0.2) is 0 Å². The number of aryl methyl sites for hydroxylation is 1. The molecule has 1 heterocycles. The maximum atomic E-state index is 13.1. The molecule has 1 aromatic heterocycles. The lowest BCUT2D eigenvalue weighted by Crippen LogP contribution is -1.92. The molecule has 17 heavy (non-hydrogen) atoms. The molecule has 0 bridgehead atoms. The van der Waals surface area contributed by atoms with E-state index >= 15 is 0 Å². The first-order valence-electron chi connectivity index (χ1n) is 5.42. The Morgan fingerprint density at radius 3 is 2.35 bits per heavy atom. The van der Waals surface area contributed by atoms with Crippen molar-refractivity contribution in [2.45, 2.75) is 27.2 Å². The molecule has 0 aliphatic carbocycles. The van der Waals surface area contributed by atoms with Crippen LogP contribution in [0.3, 0.4) is 0 Å². The van der Waals surface area contributed by atoms with Gasteiger partial charge in [0.05, 0.1) is 0 Å². The Morgan fingerprint density at radius 2 is 1.76 bits per heavy atom. The van der Waals surface area contributed by atoms with Crippen LogP contribution in [0.5, 0.6) is 0 Å².